The number of benzene rings is 1. The van der Waals surface area contributed by atoms with Crippen molar-refractivity contribution in [3.05, 3.63) is 52.0 Å². The molecule has 0 radical (unpaired) electrons. The lowest BCUT2D eigenvalue weighted by Crippen LogP contribution is -2.36. The van der Waals surface area contributed by atoms with Gasteiger partial charge in [0.2, 0.25) is 0 Å². The topological polar surface area (TPSA) is 64.0 Å². The number of carbonyl (C=O) groups excluding carboxylic acids is 2. The van der Waals surface area contributed by atoms with E-state index in [1.54, 1.807) is 11.3 Å². The molecule has 3 rings (SSSR count). The summed E-state index contributed by atoms with van der Waals surface area (Å²) in [5.41, 5.74) is 2.42. The van der Waals surface area contributed by atoms with E-state index >= 15 is 0 Å². The zero-order chi connectivity index (χ0) is 21.7. The van der Waals surface area contributed by atoms with Crippen LogP contribution < -0.4 is 5.32 Å². The standard InChI is InChI=1S/C24H31N3O2S/c1-5-19(6-2)27-22-10-9-17(24(29)25-18(15-28)12-16(3)4)13-21(22)26-23(27)14-20-8-7-11-30-20/h7-11,13,15-16,18-19H,5-6,12,14H2,1-4H3,(H,25,29). The molecule has 0 spiro atoms. The first kappa shape index (κ1) is 22.2. The van der Waals surface area contributed by atoms with E-state index < -0.39 is 6.04 Å². The second-order valence-corrected chi connectivity index (χ2v) is 9.21. The SMILES string of the molecule is CCC(CC)n1c(Cc2cccs2)nc2cc(C(=O)NC(C=O)CC(C)C)ccc21. The van der Waals surface area contributed by atoms with Crippen LogP contribution in [0.1, 0.15) is 74.1 Å². The van der Waals surface area contributed by atoms with Gasteiger partial charge in [-0.3, -0.25) is 4.79 Å². The Labute approximate surface area is 182 Å². The molecule has 0 aliphatic carbocycles. The molecule has 1 aromatic carbocycles. The van der Waals surface area contributed by atoms with Crippen LogP contribution in [-0.2, 0) is 11.2 Å². The van der Waals surface area contributed by atoms with Gasteiger partial charge in [-0.25, -0.2) is 4.98 Å². The Hall–Kier alpha value is -2.47. The van der Waals surface area contributed by atoms with Crippen molar-refractivity contribution in [3.8, 4) is 0 Å². The Morgan fingerprint density at radius 3 is 2.60 bits per heavy atom. The molecule has 1 unspecified atom stereocenters. The smallest absolute Gasteiger partial charge is 0.251 e. The van der Waals surface area contributed by atoms with E-state index in [2.05, 4.69) is 41.2 Å². The van der Waals surface area contributed by atoms with Crippen LogP contribution >= 0.6 is 11.3 Å². The fourth-order valence-electron chi connectivity index (χ4n) is 3.95. The molecule has 0 fully saturated rings. The van der Waals surface area contributed by atoms with Gasteiger partial charge in [0.25, 0.3) is 5.91 Å². The first-order valence-electron chi connectivity index (χ1n) is 10.8. The van der Waals surface area contributed by atoms with E-state index in [4.69, 9.17) is 4.98 Å². The largest absolute Gasteiger partial charge is 0.343 e. The molecule has 0 saturated heterocycles. The Kier molecular flexibility index (Phi) is 7.43. The summed E-state index contributed by atoms with van der Waals surface area (Å²) >= 11 is 1.73. The molecule has 0 aliphatic heterocycles. The summed E-state index contributed by atoms with van der Waals surface area (Å²) in [6.45, 7) is 8.47. The molecule has 2 heterocycles. The van der Waals surface area contributed by atoms with Gasteiger partial charge >= 0.3 is 0 Å². The predicted molar refractivity (Wildman–Crippen MR) is 123 cm³/mol. The third-order valence-electron chi connectivity index (χ3n) is 5.45. The zero-order valence-electron chi connectivity index (χ0n) is 18.2. The van der Waals surface area contributed by atoms with Crippen LogP contribution in [0, 0.1) is 5.92 Å². The highest BCUT2D eigenvalue weighted by molar-refractivity contribution is 7.09. The van der Waals surface area contributed by atoms with E-state index in [1.165, 1.54) is 4.88 Å². The molecule has 160 valence electrons. The molecule has 0 bridgehead atoms. The van der Waals surface area contributed by atoms with Gasteiger partial charge in [-0.1, -0.05) is 33.8 Å². The van der Waals surface area contributed by atoms with Crippen molar-refractivity contribution in [2.75, 3.05) is 0 Å². The highest BCUT2D eigenvalue weighted by atomic mass is 32.1. The van der Waals surface area contributed by atoms with Crippen LogP contribution in [0.5, 0.6) is 0 Å². The van der Waals surface area contributed by atoms with Crippen LogP contribution in [-0.4, -0.2) is 27.8 Å². The van der Waals surface area contributed by atoms with E-state index in [-0.39, 0.29) is 5.91 Å². The van der Waals surface area contributed by atoms with Gasteiger partial charge in [-0.15, -0.1) is 11.3 Å². The number of hydrogen-bond acceptors (Lipinski definition) is 4. The number of imidazole rings is 1. The molecule has 1 N–H and O–H groups in total. The van der Waals surface area contributed by atoms with Crippen molar-refractivity contribution in [1.29, 1.82) is 0 Å². The number of hydrogen-bond donors (Lipinski definition) is 1. The Morgan fingerprint density at radius 1 is 1.23 bits per heavy atom. The van der Waals surface area contributed by atoms with Crippen molar-refractivity contribution in [2.24, 2.45) is 5.92 Å². The third kappa shape index (κ3) is 4.98. The number of carbonyl (C=O) groups is 2. The highest BCUT2D eigenvalue weighted by Crippen LogP contribution is 2.28. The number of aldehydes is 1. The number of thiophene rings is 1. The fraction of sp³-hybridized carbons (Fsp3) is 0.458. The van der Waals surface area contributed by atoms with Gasteiger partial charge in [0.05, 0.1) is 17.1 Å². The second kappa shape index (κ2) is 10.0. The van der Waals surface area contributed by atoms with E-state index in [0.717, 1.165) is 42.4 Å². The summed E-state index contributed by atoms with van der Waals surface area (Å²) in [5, 5.41) is 4.93. The van der Waals surface area contributed by atoms with E-state index in [9.17, 15) is 9.59 Å². The minimum absolute atomic E-state index is 0.230. The number of nitrogens with zero attached hydrogens (tertiary/aromatic N) is 2. The first-order valence-corrected chi connectivity index (χ1v) is 11.6. The molecule has 3 aromatic rings. The molecular formula is C24H31N3O2S. The molecular weight excluding hydrogens is 394 g/mol. The summed E-state index contributed by atoms with van der Waals surface area (Å²) in [6.07, 6.45) is 4.28. The zero-order valence-corrected chi connectivity index (χ0v) is 19.0. The second-order valence-electron chi connectivity index (χ2n) is 8.17. The monoisotopic (exact) mass is 425 g/mol. The third-order valence-corrected chi connectivity index (χ3v) is 6.33. The summed E-state index contributed by atoms with van der Waals surface area (Å²) < 4.78 is 2.34. The number of fused-ring (bicyclic) bond motifs is 1. The minimum Gasteiger partial charge on any atom is -0.343 e. The first-order chi connectivity index (χ1) is 14.5. The number of aromatic nitrogens is 2. The lowest BCUT2D eigenvalue weighted by atomic mass is 10.0. The molecule has 5 nitrogen and oxygen atoms in total. The maximum atomic E-state index is 12.7. The summed E-state index contributed by atoms with van der Waals surface area (Å²) in [5.74, 6) is 1.13. The van der Waals surface area contributed by atoms with Crippen LogP contribution in [0.3, 0.4) is 0 Å². The van der Waals surface area contributed by atoms with Crippen molar-refractivity contribution >= 4 is 34.6 Å². The van der Waals surface area contributed by atoms with E-state index in [0.29, 0.717) is 23.9 Å². The minimum atomic E-state index is -0.468. The number of amides is 1. The quantitative estimate of drug-likeness (QED) is 0.443. The lowest BCUT2D eigenvalue weighted by Gasteiger charge is -2.19. The molecule has 6 heteroatoms. The van der Waals surface area contributed by atoms with Gasteiger partial charge in [-0.2, -0.15) is 0 Å². The summed E-state index contributed by atoms with van der Waals surface area (Å²) in [7, 11) is 0. The van der Waals surface area contributed by atoms with Gasteiger partial charge in [-0.05, 0) is 54.8 Å². The number of nitrogens with one attached hydrogen (secondary N) is 1. The van der Waals surface area contributed by atoms with Gasteiger partial charge in [0, 0.05) is 22.9 Å². The Bertz CT molecular complexity index is 987. The Balaban J connectivity index is 1.95. The average molecular weight is 426 g/mol. The highest BCUT2D eigenvalue weighted by Gasteiger charge is 2.20. The Morgan fingerprint density at radius 2 is 2.00 bits per heavy atom. The van der Waals surface area contributed by atoms with Crippen molar-refractivity contribution in [2.45, 2.75) is 65.5 Å². The molecule has 1 atom stereocenters. The maximum Gasteiger partial charge on any atom is 0.251 e. The van der Waals surface area contributed by atoms with Gasteiger partial charge < -0.3 is 14.7 Å². The summed E-state index contributed by atoms with van der Waals surface area (Å²) in [4.78, 5) is 30.3. The average Bonchev–Trinajstić information content (AvgIpc) is 3.36. The van der Waals surface area contributed by atoms with Crippen molar-refractivity contribution < 1.29 is 9.59 Å². The normalized spacial score (nSPS) is 12.6. The molecule has 0 saturated carbocycles. The maximum absolute atomic E-state index is 12.7. The van der Waals surface area contributed by atoms with Crippen LogP contribution in [0.4, 0.5) is 0 Å². The van der Waals surface area contributed by atoms with E-state index in [1.807, 2.05) is 32.0 Å². The van der Waals surface area contributed by atoms with Gasteiger partial charge in [0.1, 0.15) is 12.1 Å². The predicted octanol–water partition coefficient (Wildman–Crippen LogP) is 5.39. The molecule has 30 heavy (non-hydrogen) atoms. The summed E-state index contributed by atoms with van der Waals surface area (Å²) in [6, 6.07) is 9.77. The molecule has 2 aromatic heterocycles. The van der Waals surface area contributed by atoms with Crippen LogP contribution in [0.15, 0.2) is 35.7 Å². The van der Waals surface area contributed by atoms with Crippen LogP contribution in [0.2, 0.25) is 0 Å². The number of rotatable bonds is 10. The van der Waals surface area contributed by atoms with Crippen LogP contribution in [0.25, 0.3) is 11.0 Å². The van der Waals surface area contributed by atoms with Gasteiger partial charge in [0.15, 0.2) is 0 Å². The fourth-order valence-corrected chi connectivity index (χ4v) is 4.65. The molecule has 0 aliphatic rings. The lowest BCUT2D eigenvalue weighted by molar-refractivity contribution is -0.109. The molecule has 1 amide bonds. The van der Waals surface area contributed by atoms with Crippen molar-refractivity contribution in [1.82, 2.24) is 14.9 Å². The van der Waals surface area contributed by atoms with Crippen molar-refractivity contribution in [3.63, 3.8) is 0 Å².